The Morgan fingerprint density at radius 2 is 2.21 bits per heavy atom. The Balaban J connectivity index is 1.93. The number of halogens is 1. The SMILES string of the molecule is Cc1cnn(CCNC(=O)c2cccc(Br)c2C)c1. The van der Waals surface area contributed by atoms with Gasteiger partial charge in [0.05, 0.1) is 12.7 Å². The number of benzene rings is 1. The summed E-state index contributed by atoms with van der Waals surface area (Å²) in [7, 11) is 0. The van der Waals surface area contributed by atoms with E-state index in [1.165, 1.54) is 0 Å². The maximum atomic E-state index is 12.1. The van der Waals surface area contributed by atoms with E-state index >= 15 is 0 Å². The largest absolute Gasteiger partial charge is 0.350 e. The second-order valence-electron chi connectivity index (χ2n) is 4.45. The maximum absolute atomic E-state index is 12.1. The van der Waals surface area contributed by atoms with Crippen LogP contribution in [0.25, 0.3) is 0 Å². The van der Waals surface area contributed by atoms with Gasteiger partial charge in [-0.1, -0.05) is 22.0 Å². The van der Waals surface area contributed by atoms with Gasteiger partial charge in [0.1, 0.15) is 0 Å². The van der Waals surface area contributed by atoms with Crippen molar-refractivity contribution in [2.24, 2.45) is 0 Å². The number of nitrogens with one attached hydrogen (secondary N) is 1. The first-order valence-electron chi connectivity index (χ1n) is 6.10. The van der Waals surface area contributed by atoms with E-state index in [4.69, 9.17) is 0 Å². The van der Waals surface area contributed by atoms with Crippen LogP contribution in [0.4, 0.5) is 0 Å². The van der Waals surface area contributed by atoms with E-state index < -0.39 is 0 Å². The highest BCUT2D eigenvalue weighted by Crippen LogP contribution is 2.19. The first kappa shape index (κ1) is 13.8. The summed E-state index contributed by atoms with van der Waals surface area (Å²) in [6.07, 6.45) is 3.76. The molecule has 2 rings (SSSR count). The van der Waals surface area contributed by atoms with Crippen LogP contribution < -0.4 is 5.32 Å². The number of aromatic nitrogens is 2. The Morgan fingerprint density at radius 3 is 2.89 bits per heavy atom. The molecule has 0 unspecified atom stereocenters. The minimum absolute atomic E-state index is 0.0531. The number of hydrogen-bond donors (Lipinski definition) is 1. The summed E-state index contributed by atoms with van der Waals surface area (Å²) in [5.41, 5.74) is 2.77. The molecule has 0 aliphatic carbocycles. The summed E-state index contributed by atoms with van der Waals surface area (Å²) >= 11 is 3.43. The van der Waals surface area contributed by atoms with Crippen molar-refractivity contribution in [3.05, 3.63) is 51.8 Å². The lowest BCUT2D eigenvalue weighted by atomic mass is 10.1. The molecule has 100 valence electrons. The summed E-state index contributed by atoms with van der Waals surface area (Å²) in [5, 5.41) is 7.08. The second kappa shape index (κ2) is 6.02. The molecule has 19 heavy (non-hydrogen) atoms. The molecule has 0 bridgehead atoms. The molecule has 0 aliphatic rings. The molecule has 1 aromatic heterocycles. The average molecular weight is 322 g/mol. The average Bonchev–Trinajstić information content (AvgIpc) is 2.78. The third kappa shape index (κ3) is 3.44. The van der Waals surface area contributed by atoms with Crippen LogP contribution >= 0.6 is 15.9 Å². The highest BCUT2D eigenvalue weighted by Gasteiger charge is 2.09. The second-order valence-corrected chi connectivity index (χ2v) is 5.30. The molecule has 2 aromatic rings. The molecule has 0 radical (unpaired) electrons. The van der Waals surface area contributed by atoms with E-state index in [1.807, 2.05) is 42.9 Å². The van der Waals surface area contributed by atoms with Crippen molar-refractivity contribution >= 4 is 21.8 Å². The minimum atomic E-state index is -0.0531. The summed E-state index contributed by atoms with van der Waals surface area (Å²) in [6, 6.07) is 5.62. The Labute approximate surface area is 120 Å². The summed E-state index contributed by atoms with van der Waals surface area (Å²) in [6.45, 7) is 5.15. The Hall–Kier alpha value is -1.62. The van der Waals surface area contributed by atoms with Crippen molar-refractivity contribution in [2.45, 2.75) is 20.4 Å². The molecule has 0 aliphatic heterocycles. The predicted molar refractivity (Wildman–Crippen MR) is 78.2 cm³/mol. The van der Waals surface area contributed by atoms with Gasteiger partial charge in [-0.15, -0.1) is 0 Å². The molecule has 0 fully saturated rings. The van der Waals surface area contributed by atoms with Crippen LogP contribution in [-0.4, -0.2) is 22.2 Å². The zero-order valence-corrected chi connectivity index (χ0v) is 12.6. The molecule has 4 nitrogen and oxygen atoms in total. The molecule has 1 aromatic carbocycles. The highest BCUT2D eigenvalue weighted by atomic mass is 79.9. The van der Waals surface area contributed by atoms with Gasteiger partial charge in [0.25, 0.3) is 5.91 Å². The van der Waals surface area contributed by atoms with Gasteiger partial charge >= 0.3 is 0 Å². The van der Waals surface area contributed by atoms with Gasteiger partial charge in [-0.05, 0) is 37.1 Å². The van der Waals surface area contributed by atoms with Crippen molar-refractivity contribution in [1.82, 2.24) is 15.1 Å². The van der Waals surface area contributed by atoms with Crippen molar-refractivity contribution in [3.63, 3.8) is 0 Å². The lowest BCUT2D eigenvalue weighted by Crippen LogP contribution is -2.28. The monoisotopic (exact) mass is 321 g/mol. The van der Waals surface area contributed by atoms with E-state index in [2.05, 4.69) is 26.3 Å². The Morgan fingerprint density at radius 1 is 1.42 bits per heavy atom. The van der Waals surface area contributed by atoms with Gasteiger partial charge in [0.2, 0.25) is 0 Å². The predicted octanol–water partition coefficient (Wildman–Crippen LogP) is 2.69. The lowest BCUT2D eigenvalue weighted by molar-refractivity contribution is 0.0951. The van der Waals surface area contributed by atoms with E-state index in [-0.39, 0.29) is 5.91 Å². The Bertz CT molecular complexity index is 592. The third-order valence-corrected chi connectivity index (χ3v) is 3.76. The smallest absolute Gasteiger partial charge is 0.251 e. The normalized spacial score (nSPS) is 10.5. The topological polar surface area (TPSA) is 46.9 Å². The fourth-order valence-corrected chi connectivity index (χ4v) is 2.19. The number of nitrogens with zero attached hydrogens (tertiary/aromatic N) is 2. The molecule has 1 heterocycles. The number of hydrogen-bond acceptors (Lipinski definition) is 2. The zero-order chi connectivity index (χ0) is 13.8. The van der Waals surface area contributed by atoms with Gasteiger partial charge in [0, 0.05) is 22.8 Å². The quantitative estimate of drug-likeness (QED) is 0.941. The summed E-state index contributed by atoms with van der Waals surface area (Å²) < 4.78 is 2.77. The standard InChI is InChI=1S/C14H16BrN3O/c1-10-8-17-18(9-10)7-6-16-14(19)12-4-3-5-13(15)11(12)2/h3-5,8-9H,6-7H2,1-2H3,(H,16,19). The number of amides is 1. The van der Waals surface area contributed by atoms with Gasteiger partial charge in [-0.2, -0.15) is 5.10 Å². The number of rotatable bonds is 4. The van der Waals surface area contributed by atoms with E-state index in [0.717, 1.165) is 15.6 Å². The number of aryl methyl sites for hydroxylation is 1. The van der Waals surface area contributed by atoms with Crippen molar-refractivity contribution in [1.29, 1.82) is 0 Å². The van der Waals surface area contributed by atoms with Crippen LogP contribution in [-0.2, 0) is 6.54 Å². The first-order chi connectivity index (χ1) is 9.08. The molecule has 1 N–H and O–H groups in total. The Kier molecular flexibility index (Phi) is 4.37. The van der Waals surface area contributed by atoms with Crippen LogP contribution in [0.1, 0.15) is 21.5 Å². The molecular formula is C14H16BrN3O. The zero-order valence-electron chi connectivity index (χ0n) is 11.0. The number of carbonyl (C=O) groups excluding carboxylic acids is 1. The van der Waals surface area contributed by atoms with Crippen LogP contribution in [0.15, 0.2) is 35.1 Å². The van der Waals surface area contributed by atoms with E-state index in [1.54, 1.807) is 6.20 Å². The van der Waals surface area contributed by atoms with Crippen LogP contribution in [0, 0.1) is 13.8 Å². The van der Waals surface area contributed by atoms with Crippen molar-refractivity contribution < 1.29 is 4.79 Å². The fourth-order valence-electron chi connectivity index (χ4n) is 1.82. The van der Waals surface area contributed by atoms with Crippen LogP contribution in [0.5, 0.6) is 0 Å². The molecule has 0 saturated carbocycles. The van der Waals surface area contributed by atoms with Gasteiger partial charge in [-0.3, -0.25) is 9.48 Å². The molecule has 0 spiro atoms. The number of carbonyl (C=O) groups is 1. The van der Waals surface area contributed by atoms with Crippen LogP contribution in [0.2, 0.25) is 0 Å². The molecule has 1 amide bonds. The highest BCUT2D eigenvalue weighted by molar-refractivity contribution is 9.10. The first-order valence-corrected chi connectivity index (χ1v) is 6.89. The lowest BCUT2D eigenvalue weighted by Gasteiger charge is -2.08. The fraction of sp³-hybridized carbons (Fsp3) is 0.286. The van der Waals surface area contributed by atoms with Gasteiger partial charge < -0.3 is 5.32 Å². The van der Waals surface area contributed by atoms with E-state index in [9.17, 15) is 4.79 Å². The third-order valence-electron chi connectivity index (χ3n) is 2.90. The van der Waals surface area contributed by atoms with Gasteiger partial charge in [0.15, 0.2) is 0 Å². The summed E-state index contributed by atoms with van der Waals surface area (Å²) in [5.74, 6) is -0.0531. The minimum Gasteiger partial charge on any atom is -0.350 e. The van der Waals surface area contributed by atoms with Crippen molar-refractivity contribution in [2.75, 3.05) is 6.54 Å². The molecule has 0 saturated heterocycles. The maximum Gasteiger partial charge on any atom is 0.251 e. The molecule has 0 atom stereocenters. The van der Waals surface area contributed by atoms with E-state index in [0.29, 0.717) is 18.7 Å². The van der Waals surface area contributed by atoms with Crippen molar-refractivity contribution in [3.8, 4) is 0 Å². The molecule has 5 heteroatoms. The summed E-state index contributed by atoms with van der Waals surface area (Å²) in [4.78, 5) is 12.1. The van der Waals surface area contributed by atoms with Gasteiger partial charge in [-0.25, -0.2) is 0 Å². The van der Waals surface area contributed by atoms with Crippen LogP contribution in [0.3, 0.4) is 0 Å². The molecular weight excluding hydrogens is 306 g/mol.